The fourth-order valence-corrected chi connectivity index (χ4v) is 5.24. The van der Waals surface area contributed by atoms with E-state index in [2.05, 4.69) is 22.0 Å². The van der Waals surface area contributed by atoms with Crippen molar-refractivity contribution in [2.45, 2.75) is 32.2 Å². The van der Waals surface area contributed by atoms with E-state index in [9.17, 15) is 8.42 Å². The van der Waals surface area contributed by atoms with Gasteiger partial charge < -0.3 is 19.8 Å². The summed E-state index contributed by atoms with van der Waals surface area (Å²) in [5.41, 5.74) is 7.32. The minimum atomic E-state index is -3.79. The summed E-state index contributed by atoms with van der Waals surface area (Å²) in [6.07, 6.45) is 1.66. The highest BCUT2D eigenvalue weighted by Crippen LogP contribution is 2.39. The van der Waals surface area contributed by atoms with Crippen molar-refractivity contribution in [3.05, 3.63) is 53.9 Å². The Hall–Kier alpha value is -3.06. The second-order valence-electron chi connectivity index (χ2n) is 10.7. The first-order valence-corrected chi connectivity index (χ1v) is 14.4. The minimum Gasteiger partial charge on any atom is -0.419 e. The number of rotatable bonds is 13. The third-order valence-electron chi connectivity index (χ3n) is 7.12. The Morgan fingerprint density at radius 1 is 1.13 bits per heavy atom. The number of benzene rings is 1. The van der Waals surface area contributed by atoms with E-state index in [0.717, 1.165) is 27.1 Å². The maximum Gasteiger partial charge on any atom is 0.304 e. The summed E-state index contributed by atoms with van der Waals surface area (Å²) in [4.78, 5) is 6.88. The minimum absolute atomic E-state index is 0.238. The van der Waals surface area contributed by atoms with E-state index in [1.54, 1.807) is 13.2 Å². The first kappa shape index (κ1) is 28.9. The molecule has 1 aliphatic rings. The van der Waals surface area contributed by atoms with Gasteiger partial charge in [0.15, 0.2) is 0 Å². The number of aromatic nitrogens is 3. The first-order chi connectivity index (χ1) is 18.4. The van der Waals surface area contributed by atoms with E-state index in [4.69, 9.17) is 19.9 Å². The SMILES string of the molecule is COCCN(CC1CC1C)c1cc(-c2nnc([C@](C)(N)Cc3ccccc3)o2)cc(N(C)S(=O)(=O)N(C)C)n1. The Kier molecular flexibility index (Phi) is 8.60. The predicted molar refractivity (Wildman–Crippen MR) is 152 cm³/mol. The van der Waals surface area contributed by atoms with Crippen molar-refractivity contribution in [2.75, 3.05) is 57.2 Å². The van der Waals surface area contributed by atoms with Gasteiger partial charge in [-0.05, 0) is 49.3 Å². The molecule has 212 valence electrons. The van der Waals surface area contributed by atoms with Gasteiger partial charge in [0.2, 0.25) is 11.8 Å². The second kappa shape index (κ2) is 11.6. The van der Waals surface area contributed by atoms with Crippen molar-refractivity contribution in [3.8, 4) is 11.5 Å². The first-order valence-electron chi connectivity index (χ1n) is 13.0. The Morgan fingerprint density at radius 2 is 1.79 bits per heavy atom. The van der Waals surface area contributed by atoms with Crippen molar-refractivity contribution in [1.82, 2.24) is 19.5 Å². The van der Waals surface area contributed by atoms with Crippen LogP contribution >= 0.6 is 0 Å². The van der Waals surface area contributed by atoms with Gasteiger partial charge in [-0.1, -0.05) is 37.3 Å². The Bertz CT molecular complexity index is 1360. The number of hydrogen-bond donors (Lipinski definition) is 1. The molecule has 1 fully saturated rings. The van der Waals surface area contributed by atoms with Gasteiger partial charge in [-0.2, -0.15) is 12.7 Å². The summed E-state index contributed by atoms with van der Waals surface area (Å²) in [7, 11) is 2.31. The largest absolute Gasteiger partial charge is 0.419 e. The molecule has 0 amide bonds. The maximum atomic E-state index is 13.0. The van der Waals surface area contributed by atoms with Gasteiger partial charge in [0.05, 0.1) is 12.1 Å². The van der Waals surface area contributed by atoms with Crippen LogP contribution in [0.3, 0.4) is 0 Å². The van der Waals surface area contributed by atoms with Crippen molar-refractivity contribution >= 4 is 21.8 Å². The molecule has 2 aromatic heterocycles. The monoisotopic (exact) mass is 557 g/mol. The molecule has 0 aliphatic heterocycles. The zero-order valence-corrected chi connectivity index (χ0v) is 24.4. The van der Waals surface area contributed by atoms with E-state index < -0.39 is 15.7 Å². The highest BCUT2D eigenvalue weighted by Gasteiger charge is 2.35. The highest BCUT2D eigenvalue weighted by molar-refractivity contribution is 7.90. The van der Waals surface area contributed by atoms with Crippen LogP contribution in [0.4, 0.5) is 11.6 Å². The normalized spacial score (nSPS) is 18.7. The Balaban J connectivity index is 1.73. The van der Waals surface area contributed by atoms with Crippen LogP contribution in [0, 0.1) is 11.8 Å². The average molecular weight is 558 g/mol. The number of methoxy groups -OCH3 is 1. The molecule has 2 N–H and O–H groups in total. The number of anilines is 2. The van der Waals surface area contributed by atoms with Gasteiger partial charge in [0.25, 0.3) is 0 Å². The Labute approximate surface area is 231 Å². The van der Waals surface area contributed by atoms with E-state index in [1.165, 1.54) is 21.1 Å². The van der Waals surface area contributed by atoms with Crippen LogP contribution in [0.25, 0.3) is 11.5 Å². The standard InChI is InChI=1S/C27H39N7O4S/c1-19-14-22(19)18-34(12-13-37-6)24-16-21(15-23(29-24)33(5)39(35,36)32(3)4)25-30-31-26(38-25)27(2,28)17-20-10-8-7-9-11-20/h7-11,15-16,19,22H,12-14,17-18,28H2,1-6H3/t19?,22?,27-/m1/s1. The van der Waals surface area contributed by atoms with Gasteiger partial charge in [0, 0.05) is 46.9 Å². The fraction of sp³-hybridized carbons (Fsp3) is 0.519. The van der Waals surface area contributed by atoms with Gasteiger partial charge in [-0.15, -0.1) is 10.2 Å². The molecule has 3 atom stereocenters. The zero-order chi connectivity index (χ0) is 28.4. The van der Waals surface area contributed by atoms with Gasteiger partial charge in [-0.25, -0.2) is 9.29 Å². The third-order valence-corrected chi connectivity index (χ3v) is 8.93. The molecule has 1 aromatic carbocycles. The highest BCUT2D eigenvalue weighted by atomic mass is 32.2. The summed E-state index contributed by atoms with van der Waals surface area (Å²) >= 11 is 0. The molecular weight excluding hydrogens is 518 g/mol. The lowest BCUT2D eigenvalue weighted by molar-refractivity contribution is 0.204. The molecule has 1 aliphatic carbocycles. The maximum absolute atomic E-state index is 13.0. The smallest absolute Gasteiger partial charge is 0.304 e. The van der Waals surface area contributed by atoms with E-state index in [1.807, 2.05) is 43.3 Å². The lowest BCUT2D eigenvalue weighted by atomic mass is 9.94. The zero-order valence-electron chi connectivity index (χ0n) is 23.5. The van der Waals surface area contributed by atoms with Crippen LogP contribution in [0.15, 0.2) is 46.9 Å². The van der Waals surface area contributed by atoms with Gasteiger partial charge in [-0.3, -0.25) is 0 Å². The van der Waals surface area contributed by atoms with Crippen LogP contribution in [0.5, 0.6) is 0 Å². The summed E-state index contributed by atoms with van der Waals surface area (Å²) in [6.45, 7) is 5.97. The number of nitrogens with two attached hydrogens (primary N) is 1. The summed E-state index contributed by atoms with van der Waals surface area (Å²) in [5, 5.41) is 8.56. The van der Waals surface area contributed by atoms with Crippen molar-refractivity contribution < 1.29 is 17.6 Å². The fourth-order valence-electron chi connectivity index (χ4n) is 4.42. The molecule has 4 rings (SSSR count). The predicted octanol–water partition coefficient (Wildman–Crippen LogP) is 2.90. The molecule has 0 bridgehead atoms. The van der Waals surface area contributed by atoms with Gasteiger partial charge >= 0.3 is 10.2 Å². The van der Waals surface area contributed by atoms with E-state index in [0.29, 0.717) is 48.7 Å². The summed E-state index contributed by atoms with van der Waals surface area (Å²) in [5.74, 6) is 2.56. The molecule has 2 unspecified atom stereocenters. The lowest BCUT2D eigenvalue weighted by Crippen LogP contribution is -2.38. The number of nitrogens with zero attached hydrogens (tertiary/aromatic N) is 6. The van der Waals surface area contributed by atoms with E-state index >= 15 is 0 Å². The van der Waals surface area contributed by atoms with Crippen LogP contribution in [-0.4, -0.2) is 75.9 Å². The topological polar surface area (TPSA) is 131 Å². The Morgan fingerprint density at radius 3 is 2.41 bits per heavy atom. The molecule has 12 heteroatoms. The van der Waals surface area contributed by atoms with Crippen molar-refractivity contribution in [3.63, 3.8) is 0 Å². The van der Waals surface area contributed by atoms with Crippen LogP contribution in [0.1, 0.15) is 31.7 Å². The number of hydrogen-bond acceptors (Lipinski definition) is 9. The molecule has 0 saturated heterocycles. The molecule has 0 spiro atoms. The van der Waals surface area contributed by atoms with Crippen LogP contribution in [0.2, 0.25) is 0 Å². The summed E-state index contributed by atoms with van der Waals surface area (Å²) < 4.78 is 39.7. The summed E-state index contributed by atoms with van der Waals surface area (Å²) in [6, 6.07) is 13.4. The third kappa shape index (κ3) is 6.75. The quantitative estimate of drug-likeness (QED) is 0.337. The number of pyridine rings is 1. The average Bonchev–Trinajstić information content (AvgIpc) is 3.36. The van der Waals surface area contributed by atoms with Crippen LogP contribution in [-0.2, 0) is 26.9 Å². The molecular formula is C27H39N7O4S. The molecule has 0 radical (unpaired) electrons. The molecule has 3 aromatic rings. The molecule has 2 heterocycles. The van der Waals surface area contributed by atoms with Crippen molar-refractivity contribution in [1.29, 1.82) is 0 Å². The van der Waals surface area contributed by atoms with Gasteiger partial charge in [0.1, 0.15) is 11.6 Å². The molecule has 39 heavy (non-hydrogen) atoms. The van der Waals surface area contributed by atoms with E-state index in [-0.39, 0.29) is 11.7 Å². The lowest BCUT2D eigenvalue weighted by Gasteiger charge is -2.27. The molecule has 1 saturated carbocycles. The van der Waals surface area contributed by atoms with Crippen molar-refractivity contribution in [2.24, 2.45) is 17.6 Å². The van der Waals surface area contributed by atoms with Crippen LogP contribution < -0.4 is 14.9 Å². The molecule has 11 nitrogen and oxygen atoms in total. The number of ether oxygens (including phenoxy) is 1. The second-order valence-corrected chi connectivity index (χ2v) is 12.9.